The SMILES string of the molecule is CCNC(=NCc1ccc(N2CC=CC2)cc1)NC1CC1. The standard InChI is InChI=1S/C17H24N4/c1-2-18-17(20-15-7-8-15)19-13-14-5-9-16(10-6-14)21-11-3-4-12-21/h3-6,9-10,15H,2,7-8,11-13H2,1H3,(H2,18,19,20). The zero-order valence-electron chi connectivity index (χ0n) is 12.7. The minimum absolute atomic E-state index is 0.632. The Hall–Kier alpha value is -1.97. The van der Waals surface area contributed by atoms with Crippen LogP contribution in [0.4, 0.5) is 5.69 Å². The molecule has 1 saturated carbocycles. The fraction of sp³-hybridized carbons (Fsp3) is 0.471. The molecule has 4 heteroatoms. The first-order valence-electron chi connectivity index (χ1n) is 7.89. The van der Waals surface area contributed by atoms with E-state index in [2.05, 4.69) is 63.9 Å². The number of anilines is 1. The highest BCUT2D eigenvalue weighted by Gasteiger charge is 2.21. The Balaban J connectivity index is 1.57. The maximum absolute atomic E-state index is 4.66. The van der Waals surface area contributed by atoms with Gasteiger partial charge in [-0.1, -0.05) is 24.3 Å². The molecule has 1 fully saturated rings. The fourth-order valence-corrected chi connectivity index (χ4v) is 2.41. The summed E-state index contributed by atoms with van der Waals surface area (Å²) in [5.74, 6) is 0.938. The van der Waals surface area contributed by atoms with Crippen molar-refractivity contribution in [2.75, 3.05) is 24.5 Å². The molecule has 0 unspecified atom stereocenters. The van der Waals surface area contributed by atoms with Crippen molar-refractivity contribution < 1.29 is 0 Å². The molecule has 4 nitrogen and oxygen atoms in total. The molecule has 0 bridgehead atoms. The average molecular weight is 284 g/mol. The van der Waals surface area contributed by atoms with E-state index in [1.165, 1.54) is 24.1 Å². The topological polar surface area (TPSA) is 39.7 Å². The van der Waals surface area contributed by atoms with Gasteiger partial charge in [0, 0.05) is 31.4 Å². The maximum atomic E-state index is 4.66. The van der Waals surface area contributed by atoms with Crippen molar-refractivity contribution in [1.82, 2.24) is 10.6 Å². The number of nitrogens with zero attached hydrogens (tertiary/aromatic N) is 2. The molecule has 2 N–H and O–H groups in total. The van der Waals surface area contributed by atoms with Crippen LogP contribution in [0.3, 0.4) is 0 Å². The van der Waals surface area contributed by atoms with Gasteiger partial charge in [-0.05, 0) is 37.5 Å². The first-order valence-corrected chi connectivity index (χ1v) is 7.89. The molecular weight excluding hydrogens is 260 g/mol. The van der Waals surface area contributed by atoms with Crippen LogP contribution < -0.4 is 15.5 Å². The molecular formula is C17H24N4. The lowest BCUT2D eigenvalue weighted by atomic mass is 10.2. The van der Waals surface area contributed by atoms with E-state index in [-0.39, 0.29) is 0 Å². The Morgan fingerprint density at radius 1 is 1.19 bits per heavy atom. The molecule has 0 aromatic heterocycles. The van der Waals surface area contributed by atoms with Gasteiger partial charge in [-0.15, -0.1) is 0 Å². The molecule has 0 saturated heterocycles. The first-order chi connectivity index (χ1) is 10.3. The summed E-state index contributed by atoms with van der Waals surface area (Å²) in [4.78, 5) is 7.01. The second kappa shape index (κ2) is 6.66. The van der Waals surface area contributed by atoms with Crippen LogP contribution in [0.25, 0.3) is 0 Å². The van der Waals surface area contributed by atoms with Crippen molar-refractivity contribution in [2.45, 2.75) is 32.4 Å². The number of hydrogen-bond donors (Lipinski definition) is 2. The van der Waals surface area contributed by atoms with Gasteiger partial charge in [0.1, 0.15) is 0 Å². The summed E-state index contributed by atoms with van der Waals surface area (Å²) < 4.78 is 0. The normalized spacial score (nSPS) is 18.1. The lowest BCUT2D eigenvalue weighted by molar-refractivity contribution is 0.812. The predicted octanol–water partition coefficient (Wildman–Crippen LogP) is 2.28. The monoisotopic (exact) mass is 284 g/mol. The van der Waals surface area contributed by atoms with Gasteiger partial charge in [-0.2, -0.15) is 0 Å². The highest BCUT2D eigenvalue weighted by molar-refractivity contribution is 5.80. The fourth-order valence-electron chi connectivity index (χ4n) is 2.41. The Morgan fingerprint density at radius 2 is 1.90 bits per heavy atom. The molecule has 1 aliphatic carbocycles. The molecule has 1 aromatic rings. The van der Waals surface area contributed by atoms with E-state index in [0.29, 0.717) is 6.04 Å². The van der Waals surface area contributed by atoms with E-state index in [4.69, 9.17) is 0 Å². The minimum Gasteiger partial charge on any atom is -0.364 e. The third kappa shape index (κ3) is 4.00. The third-order valence-corrected chi connectivity index (χ3v) is 3.80. The first kappa shape index (κ1) is 14.0. The largest absolute Gasteiger partial charge is 0.364 e. The molecule has 1 aromatic carbocycles. The molecule has 1 aliphatic heterocycles. The van der Waals surface area contributed by atoms with Crippen molar-refractivity contribution in [2.24, 2.45) is 4.99 Å². The van der Waals surface area contributed by atoms with Crippen LogP contribution in [0.15, 0.2) is 41.4 Å². The van der Waals surface area contributed by atoms with Crippen LogP contribution in [0.2, 0.25) is 0 Å². The average Bonchev–Trinajstić information content (AvgIpc) is 3.16. The van der Waals surface area contributed by atoms with Gasteiger partial charge < -0.3 is 15.5 Å². The van der Waals surface area contributed by atoms with E-state index in [0.717, 1.165) is 32.1 Å². The Bertz CT molecular complexity index is 506. The van der Waals surface area contributed by atoms with Crippen LogP contribution in [0, 0.1) is 0 Å². The van der Waals surface area contributed by atoms with E-state index >= 15 is 0 Å². The molecule has 1 heterocycles. The quantitative estimate of drug-likeness (QED) is 0.495. The van der Waals surface area contributed by atoms with E-state index in [9.17, 15) is 0 Å². The summed E-state index contributed by atoms with van der Waals surface area (Å²) in [6.45, 7) is 5.77. The summed E-state index contributed by atoms with van der Waals surface area (Å²) in [5.41, 5.74) is 2.54. The highest BCUT2D eigenvalue weighted by Crippen LogP contribution is 2.19. The van der Waals surface area contributed by atoms with Crippen LogP contribution in [-0.4, -0.2) is 31.6 Å². The molecule has 0 spiro atoms. The zero-order chi connectivity index (χ0) is 14.5. The number of hydrogen-bond acceptors (Lipinski definition) is 2. The number of guanidine groups is 1. The zero-order valence-corrected chi connectivity index (χ0v) is 12.7. The number of aliphatic imine (C=N–C) groups is 1. The summed E-state index contributed by atoms with van der Waals surface area (Å²) in [6, 6.07) is 9.38. The third-order valence-electron chi connectivity index (χ3n) is 3.80. The van der Waals surface area contributed by atoms with Crippen molar-refractivity contribution in [3.05, 3.63) is 42.0 Å². The van der Waals surface area contributed by atoms with Gasteiger partial charge in [0.15, 0.2) is 5.96 Å². The summed E-state index contributed by atoms with van der Waals surface area (Å²) in [7, 11) is 0. The highest BCUT2D eigenvalue weighted by atomic mass is 15.2. The molecule has 3 rings (SSSR count). The molecule has 0 radical (unpaired) electrons. The van der Waals surface area contributed by atoms with E-state index in [1.807, 2.05) is 0 Å². The Morgan fingerprint density at radius 3 is 2.52 bits per heavy atom. The van der Waals surface area contributed by atoms with E-state index in [1.54, 1.807) is 0 Å². The lowest BCUT2D eigenvalue weighted by Gasteiger charge is -2.17. The number of rotatable bonds is 5. The van der Waals surface area contributed by atoms with Crippen LogP contribution in [0.5, 0.6) is 0 Å². The van der Waals surface area contributed by atoms with Crippen LogP contribution >= 0.6 is 0 Å². The molecule has 2 aliphatic rings. The lowest BCUT2D eigenvalue weighted by Crippen LogP contribution is -2.38. The van der Waals surface area contributed by atoms with Gasteiger partial charge in [0.05, 0.1) is 6.54 Å². The molecule has 112 valence electrons. The van der Waals surface area contributed by atoms with Gasteiger partial charge in [0.2, 0.25) is 0 Å². The van der Waals surface area contributed by atoms with E-state index < -0.39 is 0 Å². The molecule has 21 heavy (non-hydrogen) atoms. The number of benzene rings is 1. The van der Waals surface area contributed by atoms with Crippen LogP contribution in [0.1, 0.15) is 25.3 Å². The summed E-state index contributed by atoms with van der Waals surface area (Å²) in [6.07, 6.45) is 6.96. The van der Waals surface area contributed by atoms with Crippen molar-refractivity contribution >= 4 is 11.6 Å². The predicted molar refractivity (Wildman–Crippen MR) is 88.8 cm³/mol. The number of nitrogens with one attached hydrogen (secondary N) is 2. The van der Waals surface area contributed by atoms with Gasteiger partial charge in [0.25, 0.3) is 0 Å². The van der Waals surface area contributed by atoms with Crippen molar-refractivity contribution in [3.8, 4) is 0 Å². The minimum atomic E-state index is 0.632. The summed E-state index contributed by atoms with van der Waals surface area (Å²) in [5, 5.41) is 6.74. The van der Waals surface area contributed by atoms with Gasteiger partial charge in [-0.3, -0.25) is 0 Å². The Kier molecular flexibility index (Phi) is 4.43. The van der Waals surface area contributed by atoms with Gasteiger partial charge in [-0.25, -0.2) is 4.99 Å². The molecule has 0 atom stereocenters. The van der Waals surface area contributed by atoms with Crippen molar-refractivity contribution in [3.63, 3.8) is 0 Å². The second-order valence-corrected chi connectivity index (χ2v) is 5.66. The van der Waals surface area contributed by atoms with Crippen LogP contribution in [-0.2, 0) is 6.54 Å². The second-order valence-electron chi connectivity index (χ2n) is 5.66. The molecule has 0 amide bonds. The smallest absolute Gasteiger partial charge is 0.191 e. The Labute approximate surface area is 126 Å². The summed E-state index contributed by atoms with van der Waals surface area (Å²) >= 11 is 0. The van der Waals surface area contributed by atoms with Crippen molar-refractivity contribution in [1.29, 1.82) is 0 Å². The maximum Gasteiger partial charge on any atom is 0.191 e. The van der Waals surface area contributed by atoms with Gasteiger partial charge >= 0.3 is 0 Å².